The summed E-state index contributed by atoms with van der Waals surface area (Å²) in [6.45, 7) is 7.61. The second-order valence-electron chi connectivity index (χ2n) is 6.71. The summed E-state index contributed by atoms with van der Waals surface area (Å²) in [7, 11) is 1.51. The number of hydrogen-bond donors (Lipinski definition) is 0. The molecule has 2 aromatic rings. The van der Waals surface area contributed by atoms with Gasteiger partial charge in [0.15, 0.2) is 5.43 Å². The van der Waals surface area contributed by atoms with Crippen LogP contribution in [-0.2, 0) is 6.42 Å². The lowest BCUT2D eigenvalue weighted by atomic mass is 10.0. The molecule has 0 saturated carbocycles. The lowest BCUT2D eigenvalue weighted by Crippen LogP contribution is -2.13. The highest BCUT2D eigenvalue weighted by Crippen LogP contribution is 2.21. The van der Waals surface area contributed by atoms with Gasteiger partial charge >= 0.3 is 0 Å². The molecule has 0 spiro atoms. The average molecular weight is 363 g/mol. The Balaban J connectivity index is 2.11. The molecule has 1 aromatic heterocycles. The zero-order valence-electron chi connectivity index (χ0n) is 16.6. The van der Waals surface area contributed by atoms with Gasteiger partial charge in [-0.15, -0.1) is 0 Å². The van der Waals surface area contributed by atoms with Crippen LogP contribution in [-0.4, -0.2) is 7.11 Å². The van der Waals surface area contributed by atoms with Gasteiger partial charge in [-0.25, -0.2) is 0 Å². The molecule has 0 amide bonds. The normalized spacial score (nSPS) is 12.0. The van der Waals surface area contributed by atoms with Crippen LogP contribution < -0.4 is 10.2 Å². The van der Waals surface area contributed by atoms with Crippen molar-refractivity contribution >= 4 is 6.08 Å². The van der Waals surface area contributed by atoms with Crippen LogP contribution in [0.5, 0.6) is 5.95 Å². The highest BCUT2D eigenvalue weighted by molar-refractivity contribution is 5.56. The second-order valence-corrected chi connectivity index (χ2v) is 6.71. The summed E-state index contributed by atoms with van der Waals surface area (Å²) < 4.78 is 10.9. The molecule has 0 aliphatic heterocycles. The maximum Gasteiger partial charge on any atom is 0.291 e. The summed E-state index contributed by atoms with van der Waals surface area (Å²) in [4.78, 5) is 12.3. The van der Waals surface area contributed by atoms with Crippen molar-refractivity contribution in [3.63, 3.8) is 0 Å². The molecule has 0 radical (unpaired) electrons. The van der Waals surface area contributed by atoms with Gasteiger partial charge in [-0.2, -0.15) is 5.26 Å². The van der Waals surface area contributed by atoms with E-state index in [0.717, 1.165) is 17.6 Å². The van der Waals surface area contributed by atoms with E-state index in [2.05, 4.69) is 25.1 Å². The molecule has 2 rings (SSSR count). The Morgan fingerprint density at radius 3 is 2.44 bits per heavy atom. The average Bonchev–Trinajstić information content (AvgIpc) is 2.66. The molecule has 0 aliphatic carbocycles. The number of rotatable bonds is 6. The summed E-state index contributed by atoms with van der Waals surface area (Å²) in [5.41, 5.74) is 5.16. The molecule has 0 aliphatic rings. The van der Waals surface area contributed by atoms with E-state index in [1.807, 2.05) is 31.2 Å². The van der Waals surface area contributed by atoms with Gasteiger partial charge in [0.25, 0.3) is 5.95 Å². The molecule has 0 unspecified atom stereocenters. The van der Waals surface area contributed by atoms with Gasteiger partial charge < -0.3 is 9.15 Å². The summed E-state index contributed by atoms with van der Waals surface area (Å²) in [6, 6.07) is 9.61. The highest BCUT2D eigenvalue weighted by atomic mass is 16.6. The molecular weight excluding hydrogens is 338 g/mol. The SMILES string of the molecule is COc1oc(CC/C(C)=C/C(C)=C/c2ccc(C#N)cc2)c(C)c(=O)c1C. The Morgan fingerprint density at radius 1 is 1.19 bits per heavy atom. The first kappa shape index (κ1) is 20.3. The van der Waals surface area contributed by atoms with E-state index in [9.17, 15) is 4.79 Å². The van der Waals surface area contributed by atoms with Gasteiger partial charge in [-0.3, -0.25) is 4.79 Å². The zero-order chi connectivity index (χ0) is 20.0. The topological polar surface area (TPSA) is 63.2 Å². The van der Waals surface area contributed by atoms with Crippen molar-refractivity contribution in [2.24, 2.45) is 0 Å². The van der Waals surface area contributed by atoms with Crippen molar-refractivity contribution in [3.8, 4) is 12.0 Å². The molecule has 0 N–H and O–H groups in total. The molecular formula is C23H25NO3. The van der Waals surface area contributed by atoms with Gasteiger partial charge in [0, 0.05) is 12.0 Å². The molecule has 0 fully saturated rings. The Labute approximate surface area is 160 Å². The number of nitrogens with zero attached hydrogens (tertiary/aromatic N) is 1. The lowest BCUT2D eigenvalue weighted by Gasteiger charge is -2.09. The number of allylic oxidation sites excluding steroid dienone is 3. The molecule has 0 saturated heterocycles. The maximum absolute atomic E-state index is 12.3. The fourth-order valence-electron chi connectivity index (χ4n) is 2.93. The summed E-state index contributed by atoms with van der Waals surface area (Å²) in [6.07, 6.45) is 5.63. The third kappa shape index (κ3) is 5.21. The number of nitriles is 1. The van der Waals surface area contributed by atoms with Crippen molar-refractivity contribution in [3.05, 3.63) is 79.7 Å². The van der Waals surface area contributed by atoms with Crippen LogP contribution in [0.15, 0.2) is 50.7 Å². The van der Waals surface area contributed by atoms with Crippen molar-refractivity contribution in [2.75, 3.05) is 7.11 Å². The molecule has 4 nitrogen and oxygen atoms in total. The number of benzene rings is 1. The Bertz CT molecular complexity index is 970. The number of ether oxygens (including phenoxy) is 1. The zero-order valence-corrected chi connectivity index (χ0v) is 16.6. The van der Waals surface area contributed by atoms with Crippen LogP contribution in [0.2, 0.25) is 0 Å². The van der Waals surface area contributed by atoms with E-state index in [-0.39, 0.29) is 5.43 Å². The highest BCUT2D eigenvalue weighted by Gasteiger charge is 2.13. The lowest BCUT2D eigenvalue weighted by molar-refractivity contribution is 0.279. The smallest absolute Gasteiger partial charge is 0.291 e. The number of hydrogen-bond acceptors (Lipinski definition) is 4. The van der Waals surface area contributed by atoms with E-state index < -0.39 is 0 Å². The first-order valence-electron chi connectivity index (χ1n) is 8.88. The molecule has 27 heavy (non-hydrogen) atoms. The van der Waals surface area contributed by atoms with Crippen LogP contribution in [0.1, 0.15) is 48.3 Å². The van der Waals surface area contributed by atoms with E-state index in [0.29, 0.717) is 34.8 Å². The van der Waals surface area contributed by atoms with Crippen molar-refractivity contribution in [1.29, 1.82) is 5.26 Å². The van der Waals surface area contributed by atoms with Gasteiger partial charge in [0.2, 0.25) is 0 Å². The molecule has 0 atom stereocenters. The van der Waals surface area contributed by atoms with Crippen LogP contribution in [0.3, 0.4) is 0 Å². The van der Waals surface area contributed by atoms with E-state index in [1.165, 1.54) is 12.7 Å². The summed E-state index contributed by atoms with van der Waals surface area (Å²) in [5.74, 6) is 0.961. The number of methoxy groups -OCH3 is 1. The largest absolute Gasteiger partial charge is 0.468 e. The molecule has 0 bridgehead atoms. The third-order valence-electron chi connectivity index (χ3n) is 4.46. The van der Waals surface area contributed by atoms with Gasteiger partial charge in [-0.05, 0) is 51.8 Å². The minimum absolute atomic E-state index is 0.0216. The first-order chi connectivity index (χ1) is 12.8. The monoisotopic (exact) mass is 363 g/mol. The summed E-state index contributed by atoms with van der Waals surface area (Å²) >= 11 is 0. The fourth-order valence-corrected chi connectivity index (χ4v) is 2.93. The maximum atomic E-state index is 12.3. The van der Waals surface area contributed by atoms with E-state index in [1.54, 1.807) is 13.8 Å². The Morgan fingerprint density at radius 2 is 1.85 bits per heavy atom. The van der Waals surface area contributed by atoms with Gasteiger partial charge in [0.05, 0.1) is 24.3 Å². The quantitative estimate of drug-likeness (QED) is 0.668. The molecule has 4 heteroatoms. The van der Waals surface area contributed by atoms with Crippen molar-refractivity contribution < 1.29 is 9.15 Å². The number of aryl methyl sites for hydroxylation is 1. The minimum Gasteiger partial charge on any atom is -0.468 e. The predicted octanol–water partition coefficient (Wildman–Crippen LogP) is 5.12. The van der Waals surface area contributed by atoms with E-state index in [4.69, 9.17) is 14.4 Å². The minimum atomic E-state index is -0.0216. The Kier molecular flexibility index (Phi) is 6.79. The standard InChI is InChI=1S/C23H25NO3/c1-15(12-16(2)13-19-7-9-20(14-24)10-8-19)6-11-21-17(3)22(25)18(4)23(26-5)27-21/h7-10,12-13H,6,11H2,1-5H3/b15-12+,16-13+. The Hall–Kier alpha value is -3.06. The predicted molar refractivity (Wildman–Crippen MR) is 108 cm³/mol. The van der Waals surface area contributed by atoms with Crippen molar-refractivity contribution in [2.45, 2.75) is 40.5 Å². The van der Waals surface area contributed by atoms with Crippen LogP contribution >= 0.6 is 0 Å². The van der Waals surface area contributed by atoms with Crippen LogP contribution in [0.25, 0.3) is 6.08 Å². The third-order valence-corrected chi connectivity index (χ3v) is 4.46. The first-order valence-corrected chi connectivity index (χ1v) is 8.88. The van der Waals surface area contributed by atoms with Crippen LogP contribution in [0.4, 0.5) is 0 Å². The molecule has 1 heterocycles. The van der Waals surface area contributed by atoms with Gasteiger partial charge in [0.1, 0.15) is 5.76 Å². The van der Waals surface area contributed by atoms with Crippen LogP contribution in [0, 0.1) is 25.2 Å². The molecule has 140 valence electrons. The summed E-state index contributed by atoms with van der Waals surface area (Å²) in [5, 5.41) is 8.86. The molecule has 1 aromatic carbocycles. The fraction of sp³-hybridized carbons (Fsp3) is 0.304. The van der Waals surface area contributed by atoms with Gasteiger partial charge in [-0.1, -0.05) is 35.4 Å². The second kappa shape index (κ2) is 9.05. The van der Waals surface area contributed by atoms with Crippen molar-refractivity contribution in [1.82, 2.24) is 0 Å². The van der Waals surface area contributed by atoms with E-state index >= 15 is 0 Å².